The number of halogens is 2. The van der Waals surface area contributed by atoms with Gasteiger partial charge in [-0.2, -0.15) is 0 Å². The van der Waals surface area contributed by atoms with Crippen LogP contribution in [-0.2, 0) is 6.42 Å². The first-order valence-corrected chi connectivity index (χ1v) is 7.32. The van der Waals surface area contributed by atoms with Gasteiger partial charge in [0.1, 0.15) is 0 Å². The summed E-state index contributed by atoms with van der Waals surface area (Å²) < 4.78 is 0. The van der Waals surface area contributed by atoms with Gasteiger partial charge in [-0.1, -0.05) is 29.3 Å². The van der Waals surface area contributed by atoms with Gasteiger partial charge in [0.25, 0.3) is 0 Å². The van der Waals surface area contributed by atoms with Gasteiger partial charge >= 0.3 is 0 Å². The van der Waals surface area contributed by atoms with E-state index in [-0.39, 0.29) is 6.04 Å². The molecule has 1 unspecified atom stereocenters. The van der Waals surface area contributed by atoms with Crippen molar-refractivity contribution in [3.8, 4) is 0 Å². The molecule has 0 bridgehead atoms. The molecule has 106 valence electrons. The Balaban J connectivity index is 2.33. The van der Waals surface area contributed by atoms with Crippen molar-refractivity contribution in [2.45, 2.75) is 26.3 Å². The van der Waals surface area contributed by atoms with Gasteiger partial charge in [0.2, 0.25) is 0 Å². The molecule has 0 fully saturated rings. The molecule has 4 heteroatoms. The van der Waals surface area contributed by atoms with Crippen LogP contribution >= 0.6 is 23.2 Å². The largest absolute Gasteiger partial charge is 0.313 e. The van der Waals surface area contributed by atoms with Gasteiger partial charge < -0.3 is 5.32 Å². The Morgan fingerprint density at radius 3 is 2.15 bits per heavy atom. The quantitative estimate of drug-likeness (QED) is 0.899. The number of rotatable bonds is 4. The lowest BCUT2D eigenvalue weighted by molar-refractivity contribution is 0.590. The van der Waals surface area contributed by atoms with E-state index in [4.69, 9.17) is 23.2 Å². The van der Waals surface area contributed by atoms with E-state index >= 15 is 0 Å². The van der Waals surface area contributed by atoms with Crippen LogP contribution in [-0.4, -0.2) is 12.0 Å². The molecular formula is C16H18Cl2N2. The average molecular weight is 309 g/mol. The van der Waals surface area contributed by atoms with Crippen molar-refractivity contribution < 1.29 is 0 Å². The molecule has 0 spiro atoms. The number of aryl methyl sites for hydroxylation is 2. The van der Waals surface area contributed by atoms with Gasteiger partial charge in [-0.3, -0.25) is 4.98 Å². The maximum atomic E-state index is 6.26. The first-order valence-electron chi connectivity index (χ1n) is 6.56. The number of hydrogen-bond donors (Lipinski definition) is 1. The lowest BCUT2D eigenvalue weighted by atomic mass is 9.98. The highest BCUT2D eigenvalue weighted by atomic mass is 35.5. The van der Waals surface area contributed by atoms with Gasteiger partial charge in [-0.25, -0.2) is 0 Å². The van der Waals surface area contributed by atoms with Crippen molar-refractivity contribution >= 4 is 23.2 Å². The molecule has 0 aliphatic carbocycles. The summed E-state index contributed by atoms with van der Waals surface area (Å²) in [5.41, 5.74) is 4.21. The van der Waals surface area contributed by atoms with Crippen molar-refractivity contribution in [1.82, 2.24) is 10.3 Å². The number of hydrogen-bond acceptors (Lipinski definition) is 2. The molecule has 0 saturated heterocycles. The Labute approximate surface area is 130 Å². The summed E-state index contributed by atoms with van der Waals surface area (Å²) in [6.07, 6.45) is 0.748. The highest BCUT2D eigenvalue weighted by molar-refractivity contribution is 6.36. The van der Waals surface area contributed by atoms with Crippen molar-refractivity contribution in [3.63, 3.8) is 0 Å². The Bertz CT molecular complexity index is 571. The van der Waals surface area contributed by atoms with Crippen LogP contribution in [0.3, 0.4) is 0 Å². The number of nitrogens with one attached hydrogen (secondary N) is 1. The van der Waals surface area contributed by atoms with E-state index in [1.54, 1.807) is 0 Å². The second-order valence-corrected chi connectivity index (χ2v) is 5.74. The first kappa shape index (κ1) is 15.3. The lowest BCUT2D eigenvalue weighted by Crippen LogP contribution is -2.19. The maximum Gasteiger partial charge on any atom is 0.0453 e. The molecule has 1 N–H and O–H groups in total. The summed E-state index contributed by atoms with van der Waals surface area (Å²) in [6, 6.07) is 9.96. The van der Waals surface area contributed by atoms with E-state index < -0.39 is 0 Å². The van der Waals surface area contributed by atoms with E-state index in [0.29, 0.717) is 10.0 Å². The third-order valence-corrected chi connectivity index (χ3v) is 4.03. The van der Waals surface area contributed by atoms with Gasteiger partial charge in [0.05, 0.1) is 0 Å². The monoisotopic (exact) mass is 308 g/mol. The molecule has 0 aliphatic heterocycles. The third kappa shape index (κ3) is 3.51. The summed E-state index contributed by atoms with van der Waals surface area (Å²) >= 11 is 12.5. The molecule has 1 aromatic carbocycles. The lowest BCUT2D eigenvalue weighted by Gasteiger charge is -2.19. The molecule has 1 heterocycles. The van der Waals surface area contributed by atoms with Crippen LogP contribution in [0.1, 0.15) is 28.6 Å². The Hall–Kier alpha value is -1.09. The van der Waals surface area contributed by atoms with Crippen LogP contribution < -0.4 is 5.32 Å². The molecule has 2 aromatic rings. The predicted molar refractivity (Wildman–Crippen MR) is 85.7 cm³/mol. The molecule has 2 rings (SSSR count). The fourth-order valence-corrected chi connectivity index (χ4v) is 2.94. The van der Waals surface area contributed by atoms with Gasteiger partial charge in [0.15, 0.2) is 0 Å². The van der Waals surface area contributed by atoms with E-state index in [1.807, 2.05) is 39.1 Å². The third-order valence-electron chi connectivity index (χ3n) is 3.32. The average Bonchev–Trinajstić information content (AvgIpc) is 2.37. The summed E-state index contributed by atoms with van der Waals surface area (Å²) in [7, 11) is 1.94. The molecule has 0 amide bonds. The van der Waals surface area contributed by atoms with Crippen molar-refractivity contribution in [2.24, 2.45) is 0 Å². The zero-order chi connectivity index (χ0) is 14.7. The fraction of sp³-hybridized carbons (Fsp3) is 0.312. The van der Waals surface area contributed by atoms with E-state index in [1.165, 1.54) is 5.56 Å². The summed E-state index contributed by atoms with van der Waals surface area (Å²) in [6.45, 7) is 4.01. The number of nitrogens with zero attached hydrogens (tertiary/aromatic N) is 1. The fourth-order valence-electron chi connectivity index (χ4n) is 2.39. The SMILES string of the molecule is CNC(Cc1c(Cl)cccc1Cl)c1cc(C)nc(C)c1. The van der Waals surface area contributed by atoms with Crippen LogP contribution in [0, 0.1) is 13.8 Å². The number of pyridine rings is 1. The Kier molecular flexibility index (Phi) is 5.03. The van der Waals surface area contributed by atoms with Crippen LogP contribution in [0.15, 0.2) is 30.3 Å². The van der Waals surface area contributed by atoms with Crippen molar-refractivity contribution in [1.29, 1.82) is 0 Å². The zero-order valence-electron chi connectivity index (χ0n) is 11.9. The van der Waals surface area contributed by atoms with Crippen molar-refractivity contribution in [3.05, 3.63) is 62.9 Å². The molecule has 1 atom stereocenters. The predicted octanol–water partition coefficient (Wildman–Crippen LogP) is 4.51. The summed E-state index contributed by atoms with van der Waals surface area (Å²) in [4.78, 5) is 4.41. The minimum absolute atomic E-state index is 0.160. The number of likely N-dealkylation sites (N-methyl/N-ethyl adjacent to an activating group) is 1. The smallest absolute Gasteiger partial charge is 0.0453 e. The molecule has 0 aliphatic rings. The van der Waals surface area contributed by atoms with Gasteiger partial charge in [0, 0.05) is 27.5 Å². The van der Waals surface area contributed by atoms with E-state index in [9.17, 15) is 0 Å². The first-order chi connectivity index (χ1) is 9.51. The molecule has 2 nitrogen and oxygen atoms in total. The Morgan fingerprint density at radius 1 is 1.10 bits per heavy atom. The zero-order valence-corrected chi connectivity index (χ0v) is 13.4. The minimum Gasteiger partial charge on any atom is -0.313 e. The normalized spacial score (nSPS) is 12.4. The van der Waals surface area contributed by atoms with Crippen LogP contribution in [0.25, 0.3) is 0 Å². The maximum absolute atomic E-state index is 6.26. The second-order valence-electron chi connectivity index (χ2n) is 4.93. The van der Waals surface area contributed by atoms with Gasteiger partial charge in [-0.15, -0.1) is 0 Å². The second kappa shape index (κ2) is 6.57. The number of aromatic nitrogens is 1. The molecule has 0 saturated carbocycles. The summed E-state index contributed by atoms with van der Waals surface area (Å²) in [5, 5.41) is 4.75. The highest BCUT2D eigenvalue weighted by Crippen LogP contribution is 2.29. The van der Waals surface area contributed by atoms with E-state index in [0.717, 1.165) is 23.4 Å². The molecule has 1 aromatic heterocycles. The molecule has 0 radical (unpaired) electrons. The van der Waals surface area contributed by atoms with Crippen LogP contribution in [0.2, 0.25) is 10.0 Å². The number of benzene rings is 1. The standard InChI is InChI=1S/C16H18Cl2N2/c1-10-7-12(8-11(2)20-10)16(19-3)9-13-14(17)5-4-6-15(13)18/h4-8,16,19H,9H2,1-3H3. The van der Waals surface area contributed by atoms with Crippen molar-refractivity contribution in [2.75, 3.05) is 7.05 Å². The minimum atomic E-state index is 0.160. The van der Waals surface area contributed by atoms with Gasteiger partial charge in [-0.05, 0) is 62.7 Å². The topological polar surface area (TPSA) is 24.9 Å². The molecule has 20 heavy (non-hydrogen) atoms. The highest BCUT2D eigenvalue weighted by Gasteiger charge is 2.15. The summed E-state index contributed by atoms with van der Waals surface area (Å²) in [5.74, 6) is 0. The van der Waals surface area contributed by atoms with E-state index in [2.05, 4.69) is 22.4 Å². The molecular weight excluding hydrogens is 291 g/mol. The Morgan fingerprint density at radius 2 is 1.65 bits per heavy atom. The van der Waals surface area contributed by atoms with Crippen LogP contribution in [0.5, 0.6) is 0 Å². The van der Waals surface area contributed by atoms with Crippen LogP contribution in [0.4, 0.5) is 0 Å².